The number of nitrogens with two attached hydrogens (primary N) is 1. The van der Waals surface area contributed by atoms with Gasteiger partial charge in [0.05, 0.1) is 5.56 Å². The predicted octanol–water partition coefficient (Wildman–Crippen LogP) is 0.517. The van der Waals surface area contributed by atoms with E-state index < -0.39 is 0 Å². The van der Waals surface area contributed by atoms with Crippen LogP contribution in [0.4, 0.5) is 11.8 Å². The number of nitrogen functional groups attached to an aromatic ring is 1. The Morgan fingerprint density at radius 3 is 2.93 bits per heavy atom. The Labute approximate surface area is 81.7 Å². The summed E-state index contributed by atoms with van der Waals surface area (Å²) in [5.41, 5.74) is 6.08. The molecule has 0 saturated heterocycles. The van der Waals surface area contributed by atoms with Crippen molar-refractivity contribution in [2.24, 2.45) is 5.92 Å². The van der Waals surface area contributed by atoms with E-state index in [1.54, 1.807) is 0 Å². The number of fused-ring (bicyclic) bond motifs is 1. The first-order valence-electron chi connectivity index (χ1n) is 4.73. The van der Waals surface area contributed by atoms with Crippen LogP contribution in [-0.2, 0) is 0 Å². The molecule has 1 unspecified atom stereocenters. The van der Waals surface area contributed by atoms with Gasteiger partial charge in [0, 0.05) is 12.5 Å². The molecule has 0 spiro atoms. The summed E-state index contributed by atoms with van der Waals surface area (Å²) in [7, 11) is 0. The highest BCUT2D eigenvalue weighted by Crippen LogP contribution is 2.31. The summed E-state index contributed by atoms with van der Waals surface area (Å²) in [4.78, 5) is 18.2. The van der Waals surface area contributed by atoms with Crippen LogP contribution < -0.4 is 16.6 Å². The molecule has 0 amide bonds. The molecule has 0 aliphatic carbocycles. The Bertz CT molecular complexity index is 410. The summed E-state index contributed by atoms with van der Waals surface area (Å²) >= 11 is 0. The number of rotatable bonds is 1. The van der Waals surface area contributed by atoms with Gasteiger partial charge in [-0.2, -0.15) is 4.98 Å². The number of nitrogens with zero attached hydrogens (tertiary/aromatic N) is 1. The SMILES string of the molecule is CC(C)C1CNc2nc(N)[nH]c(=O)c21. The van der Waals surface area contributed by atoms with Crippen molar-refractivity contribution in [3.63, 3.8) is 0 Å². The van der Waals surface area contributed by atoms with Gasteiger partial charge in [-0.05, 0) is 5.92 Å². The third-order valence-corrected chi connectivity index (χ3v) is 2.64. The van der Waals surface area contributed by atoms with Crippen molar-refractivity contribution in [2.45, 2.75) is 19.8 Å². The molecule has 1 aliphatic rings. The van der Waals surface area contributed by atoms with Crippen molar-refractivity contribution in [2.75, 3.05) is 17.6 Å². The van der Waals surface area contributed by atoms with E-state index in [9.17, 15) is 4.79 Å². The molecule has 1 aromatic heterocycles. The zero-order valence-electron chi connectivity index (χ0n) is 8.29. The molecular weight excluding hydrogens is 180 g/mol. The third kappa shape index (κ3) is 1.25. The average molecular weight is 194 g/mol. The summed E-state index contributed by atoms with van der Waals surface area (Å²) in [5.74, 6) is 1.48. The van der Waals surface area contributed by atoms with E-state index in [4.69, 9.17) is 5.73 Å². The minimum atomic E-state index is -0.115. The molecule has 0 radical (unpaired) electrons. The van der Waals surface area contributed by atoms with E-state index in [0.29, 0.717) is 11.7 Å². The van der Waals surface area contributed by atoms with Crippen LogP contribution in [-0.4, -0.2) is 16.5 Å². The zero-order valence-corrected chi connectivity index (χ0v) is 8.29. The zero-order chi connectivity index (χ0) is 10.3. The normalized spacial score (nSPS) is 19.5. The molecule has 1 aliphatic heterocycles. The number of anilines is 2. The Hall–Kier alpha value is -1.52. The van der Waals surface area contributed by atoms with Crippen molar-refractivity contribution in [3.05, 3.63) is 15.9 Å². The second-order valence-electron chi connectivity index (χ2n) is 3.94. The molecular formula is C9H14N4O. The van der Waals surface area contributed by atoms with Crippen molar-refractivity contribution in [1.82, 2.24) is 9.97 Å². The van der Waals surface area contributed by atoms with Gasteiger partial charge in [-0.3, -0.25) is 9.78 Å². The molecule has 0 fully saturated rings. The first-order valence-corrected chi connectivity index (χ1v) is 4.73. The average Bonchev–Trinajstić information content (AvgIpc) is 2.47. The van der Waals surface area contributed by atoms with E-state index in [2.05, 4.69) is 29.1 Å². The van der Waals surface area contributed by atoms with Crippen LogP contribution in [0.15, 0.2) is 4.79 Å². The van der Waals surface area contributed by atoms with Crippen LogP contribution in [0.25, 0.3) is 0 Å². The Kier molecular flexibility index (Phi) is 1.94. The Morgan fingerprint density at radius 1 is 1.57 bits per heavy atom. The number of H-pyrrole nitrogens is 1. The highest BCUT2D eigenvalue weighted by molar-refractivity contribution is 5.53. The summed E-state index contributed by atoms with van der Waals surface area (Å²) in [6.07, 6.45) is 0. The first-order chi connectivity index (χ1) is 6.59. The van der Waals surface area contributed by atoms with Crippen molar-refractivity contribution < 1.29 is 0 Å². The van der Waals surface area contributed by atoms with Gasteiger partial charge in [0.15, 0.2) is 0 Å². The standard InChI is InChI=1S/C9H14N4O/c1-4(2)5-3-11-7-6(5)8(14)13-9(10)12-7/h4-5H,3H2,1-2H3,(H4,10,11,12,13,14). The number of hydrogen-bond donors (Lipinski definition) is 3. The second-order valence-corrected chi connectivity index (χ2v) is 3.94. The smallest absolute Gasteiger partial charge is 0.257 e. The van der Waals surface area contributed by atoms with Crippen molar-refractivity contribution >= 4 is 11.8 Å². The van der Waals surface area contributed by atoms with E-state index in [1.165, 1.54) is 0 Å². The van der Waals surface area contributed by atoms with Crippen LogP contribution in [0, 0.1) is 5.92 Å². The minimum absolute atomic E-state index is 0.115. The van der Waals surface area contributed by atoms with Gasteiger partial charge in [-0.1, -0.05) is 13.8 Å². The van der Waals surface area contributed by atoms with E-state index in [1.807, 2.05) is 0 Å². The maximum Gasteiger partial charge on any atom is 0.257 e. The third-order valence-electron chi connectivity index (χ3n) is 2.64. The van der Waals surface area contributed by atoms with Crippen molar-refractivity contribution in [3.8, 4) is 0 Å². The Morgan fingerprint density at radius 2 is 2.29 bits per heavy atom. The molecule has 14 heavy (non-hydrogen) atoms. The molecule has 4 N–H and O–H groups in total. The molecule has 0 saturated carbocycles. The number of hydrogen-bond acceptors (Lipinski definition) is 4. The van der Waals surface area contributed by atoms with Gasteiger partial charge in [0.2, 0.25) is 5.95 Å². The van der Waals surface area contributed by atoms with E-state index in [-0.39, 0.29) is 17.4 Å². The second kappa shape index (κ2) is 3.01. The lowest BCUT2D eigenvalue weighted by Crippen LogP contribution is -2.19. The van der Waals surface area contributed by atoms with Crippen LogP contribution in [0.1, 0.15) is 25.3 Å². The van der Waals surface area contributed by atoms with Crippen LogP contribution in [0.2, 0.25) is 0 Å². The van der Waals surface area contributed by atoms with Gasteiger partial charge in [0.25, 0.3) is 5.56 Å². The molecule has 2 rings (SSSR count). The summed E-state index contributed by atoms with van der Waals surface area (Å²) in [6.45, 7) is 4.96. The summed E-state index contributed by atoms with van der Waals surface area (Å²) in [5, 5.41) is 3.10. The largest absolute Gasteiger partial charge is 0.369 e. The molecule has 0 aromatic carbocycles. The number of nitrogens with one attached hydrogen (secondary N) is 2. The summed E-state index contributed by atoms with van der Waals surface area (Å²) in [6, 6.07) is 0. The topological polar surface area (TPSA) is 83.8 Å². The fraction of sp³-hybridized carbons (Fsp3) is 0.556. The highest BCUT2D eigenvalue weighted by Gasteiger charge is 2.29. The highest BCUT2D eigenvalue weighted by atomic mass is 16.1. The fourth-order valence-corrected chi connectivity index (χ4v) is 1.86. The molecule has 1 aromatic rings. The molecule has 1 atom stereocenters. The van der Waals surface area contributed by atoms with Crippen molar-refractivity contribution in [1.29, 1.82) is 0 Å². The predicted molar refractivity (Wildman–Crippen MR) is 55.3 cm³/mol. The van der Waals surface area contributed by atoms with Gasteiger partial charge in [0.1, 0.15) is 5.82 Å². The van der Waals surface area contributed by atoms with E-state index in [0.717, 1.165) is 12.1 Å². The van der Waals surface area contributed by atoms with Crippen LogP contribution in [0.5, 0.6) is 0 Å². The van der Waals surface area contributed by atoms with E-state index >= 15 is 0 Å². The maximum absolute atomic E-state index is 11.6. The molecule has 76 valence electrons. The quantitative estimate of drug-likeness (QED) is 0.608. The monoisotopic (exact) mass is 194 g/mol. The van der Waals surface area contributed by atoms with Gasteiger partial charge < -0.3 is 11.1 Å². The molecule has 2 heterocycles. The minimum Gasteiger partial charge on any atom is -0.369 e. The van der Waals surface area contributed by atoms with Crippen LogP contribution in [0.3, 0.4) is 0 Å². The molecule has 5 nitrogen and oxygen atoms in total. The lowest BCUT2D eigenvalue weighted by atomic mass is 9.92. The molecule has 0 bridgehead atoms. The molecule has 5 heteroatoms. The van der Waals surface area contributed by atoms with Gasteiger partial charge in [-0.25, -0.2) is 0 Å². The fourth-order valence-electron chi connectivity index (χ4n) is 1.86. The first kappa shape index (κ1) is 9.05. The van der Waals surface area contributed by atoms with Gasteiger partial charge >= 0.3 is 0 Å². The van der Waals surface area contributed by atoms with Crippen LogP contribution >= 0.6 is 0 Å². The van der Waals surface area contributed by atoms with Gasteiger partial charge in [-0.15, -0.1) is 0 Å². The Balaban J connectivity index is 2.55. The maximum atomic E-state index is 11.6. The number of aromatic amines is 1. The lowest BCUT2D eigenvalue weighted by molar-refractivity contribution is 0.529. The lowest BCUT2D eigenvalue weighted by Gasteiger charge is -2.12. The summed E-state index contributed by atoms with van der Waals surface area (Å²) < 4.78 is 0. The number of aromatic nitrogens is 2.